The number of anilines is 2. The number of fused-ring (bicyclic) bond motifs is 1. The zero-order valence-electron chi connectivity index (χ0n) is 11.0. The highest BCUT2D eigenvalue weighted by atomic mass is 35.5. The molecule has 0 aliphatic carbocycles. The van der Waals surface area contributed by atoms with Crippen molar-refractivity contribution in [1.82, 2.24) is 9.97 Å². The van der Waals surface area contributed by atoms with Crippen molar-refractivity contribution in [3.63, 3.8) is 0 Å². The van der Waals surface area contributed by atoms with Gasteiger partial charge in [0.1, 0.15) is 11.7 Å². The third-order valence-electron chi connectivity index (χ3n) is 3.17. The predicted octanol–water partition coefficient (Wildman–Crippen LogP) is 2.10. The van der Waals surface area contributed by atoms with Crippen molar-refractivity contribution in [2.75, 3.05) is 16.3 Å². The number of hydrogen-bond donors (Lipinski definition) is 0. The maximum atomic E-state index is 12.3. The lowest BCUT2D eigenvalue weighted by Crippen LogP contribution is -2.54. The highest BCUT2D eigenvalue weighted by molar-refractivity contribution is 6.28. The summed E-state index contributed by atoms with van der Waals surface area (Å²) in [5.41, 5.74) is 0.735. The van der Waals surface area contributed by atoms with Gasteiger partial charge in [-0.3, -0.25) is 4.79 Å². The molecular weight excluding hydrogens is 252 g/mol. The Kier molecular flexibility index (Phi) is 3.43. The molecule has 1 atom stereocenters. The third kappa shape index (κ3) is 1.92. The Balaban J connectivity index is 2.61. The second-order valence-corrected chi connectivity index (χ2v) is 4.95. The summed E-state index contributed by atoms with van der Waals surface area (Å²) < 4.78 is 0. The SMILES string of the molecule is CCN1C(=O)[C@H](C)N(C(C)C)c2nc(Cl)ncc21. The third-order valence-corrected chi connectivity index (χ3v) is 3.35. The number of hydrogen-bond acceptors (Lipinski definition) is 4. The van der Waals surface area contributed by atoms with Crippen LogP contribution in [0.5, 0.6) is 0 Å². The van der Waals surface area contributed by atoms with E-state index in [2.05, 4.69) is 9.97 Å². The van der Waals surface area contributed by atoms with Crippen molar-refractivity contribution in [1.29, 1.82) is 0 Å². The van der Waals surface area contributed by atoms with E-state index >= 15 is 0 Å². The van der Waals surface area contributed by atoms with E-state index in [1.54, 1.807) is 11.1 Å². The van der Waals surface area contributed by atoms with Crippen molar-refractivity contribution >= 4 is 29.0 Å². The van der Waals surface area contributed by atoms with Crippen LogP contribution in [0.25, 0.3) is 0 Å². The maximum absolute atomic E-state index is 12.3. The molecular formula is C12H17ClN4O. The van der Waals surface area contributed by atoms with E-state index in [1.807, 2.05) is 32.6 Å². The van der Waals surface area contributed by atoms with Crippen LogP contribution in [0.4, 0.5) is 11.5 Å². The van der Waals surface area contributed by atoms with E-state index in [4.69, 9.17) is 11.6 Å². The monoisotopic (exact) mass is 268 g/mol. The van der Waals surface area contributed by atoms with E-state index in [-0.39, 0.29) is 23.3 Å². The summed E-state index contributed by atoms with van der Waals surface area (Å²) in [4.78, 5) is 24.3. The van der Waals surface area contributed by atoms with Crippen molar-refractivity contribution < 1.29 is 4.79 Å². The largest absolute Gasteiger partial charge is 0.341 e. The first-order valence-corrected chi connectivity index (χ1v) is 6.47. The molecule has 1 aliphatic rings. The lowest BCUT2D eigenvalue weighted by molar-refractivity contribution is -0.119. The van der Waals surface area contributed by atoms with Crippen LogP contribution in [0.1, 0.15) is 27.7 Å². The van der Waals surface area contributed by atoms with E-state index in [1.165, 1.54) is 0 Å². The van der Waals surface area contributed by atoms with Crippen molar-refractivity contribution in [2.24, 2.45) is 0 Å². The fourth-order valence-corrected chi connectivity index (χ4v) is 2.52. The van der Waals surface area contributed by atoms with Crippen molar-refractivity contribution in [3.8, 4) is 0 Å². The number of aromatic nitrogens is 2. The molecule has 18 heavy (non-hydrogen) atoms. The maximum Gasteiger partial charge on any atom is 0.249 e. The molecule has 1 aliphatic heterocycles. The zero-order valence-corrected chi connectivity index (χ0v) is 11.8. The van der Waals surface area contributed by atoms with Gasteiger partial charge in [0.25, 0.3) is 0 Å². The summed E-state index contributed by atoms with van der Waals surface area (Å²) in [5, 5.41) is 0.206. The lowest BCUT2D eigenvalue weighted by atomic mass is 10.1. The van der Waals surface area contributed by atoms with Crippen LogP contribution in [0, 0.1) is 0 Å². The first kappa shape index (κ1) is 13.1. The fourth-order valence-electron chi connectivity index (χ4n) is 2.39. The minimum absolute atomic E-state index is 0.0737. The molecule has 5 nitrogen and oxygen atoms in total. The van der Waals surface area contributed by atoms with Crippen LogP contribution >= 0.6 is 11.6 Å². The van der Waals surface area contributed by atoms with Gasteiger partial charge in [-0.1, -0.05) is 0 Å². The molecule has 98 valence electrons. The van der Waals surface area contributed by atoms with Crippen LogP contribution in [-0.2, 0) is 4.79 Å². The van der Waals surface area contributed by atoms with Gasteiger partial charge in [-0.05, 0) is 39.3 Å². The molecule has 0 saturated heterocycles. The lowest BCUT2D eigenvalue weighted by Gasteiger charge is -2.42. The summed E-state index contributed by atoms with van der Waals surface area (Å²) in [6.07, 6.45) is 1.62. The normalized spacial score (nSPS) is 19.4. The summed E-state index contributed by atoms with van der Waals surface area (Å²) in [6.45, 7) is 8.50. The molecule has 0 saturated carbocycles. The molecule has 0 radical (unpaired) electrons. The minimum Gasteiger partial charge on any atom is -0.341 e. The average Bonchev–Trinajstić information content (AvgIpc) is 2.31. The number of carbonyl (C=O) groups excluding carboxylic acids is 1. The Hall–Kier alpha value is -1.36. The van der Waals surface area contributed by atoms with Gasteiger partial charge >= 0.3 is 0 Å². The smallest absolute Gasteiger partial charge is 0.249 e. The zero-order chi connectivity index (χ0) is 13.4. The second-order valence-electron chi connectivity index (χ2n) is 4.61. The average molecular weight is 269 g/mol. The quantitative estimate of drug-likeness (QED) is 0.771. The van der Waals surface area contributed by atoms with Gasteiger partial charge in [0.2, 0.25) is 11.2 Å². The van der Waals surface area contributed by atoms with Crippen molar-refractivity contribution in [2.45, 2.75) is 39.8 Å². The van der Waals surface area contributed by atoms with Gasteiger partial charge in [0.05, 0.1) is 6.20 Å². The van der Waals surface area contributed by atoms with Gasteiger partial charge in [-0.2, -0.15) is 4.98 Å². The minimum atomic E-state index is -0.233. The molecule has 2 heterocycles. The van der Waals surface area contributed by atoms with E-state index in [9.17, 15) is 4.79 Å². The topological polar surface area (TPSA) is 49.3 Å². The first-order valence-electron chi connectivity index (χ1n) is 6.09. The van der Waals surface area contributed by atoms with E-state index in [0.717, 1.165) is 11.5 Å². The Labute approximate surface area is 112 Å². The molecule has 0 aromatic carbocycles. The summed E-state index contributed by atoms with van der Waals surface area (Å²) in [5.74, 6) is 0.809. The Bertz CT molecular complexity index is 477. The Morgan fingerprint density at radius 2 is 2.17 bits per heavy atom. The van der Waals surface area contributed by atoms with Crippen molar-refractivity contribution in [3.05, 3.63) is 11.5 Å². The Morgan fingerprint density at radius 3 is 2.72 bits per heavy atom. The molecule has 2 rings (SSSR count). The highest BCUT2D eigenvalue weighted by Gasteiger charge is 2.37. The molecule has 0 spiro atoms. The van der Waals surface area contributed by atoms with Gasteiger partial charge in [-0.25, -0.2) is 4.98 Å². The van der Waals surface area contributed by atoms with Crippen LogP contribution in [0.3, 0.4) is 0 Å². The Morgan fingerprint density at radius 1 is 1.50 bits per heavy atom. The number of likely N-dealkylation sites (N-methyl/N-ethyl adjacent to an activating group) is 1. The van der Waals surface area contributed by atoms with Gasteiger partial charge < -0.3 is 9.80 Å². The molecule has 0 fully saturated rings. The first-order chi connectivity index (χ1) is 8.47. The van der Waals surface area contributed by atoms with Crippen LogP contribution in [0.2, 0.25) is 5.28 Å². The summed E-state index contributed by atoms with van der Waals surface area (Å²) >= 11 is 5.87. The van der Waals surface area contributed by atoms with Crippen LogP contribution in [-0.4, -0.2) is 34.5 Å². The van der Waals surface area contributed by atoms with Gasteiger partial charge in [-0.15, -0.1) is 0 Å². The van der Waals surface area contributed by atoms with Gasteiger partial charge in [0, 0.05) is 12.6 Å². The molecule has 6 heteroatoms. The molecule has 1 aromatic rings. The van der Waals surface area contributed by atoms with Gasteiger partial charge in [0.15, 0.2) is 5.82 Å². The standard InChI is InChI=1S/C12H17ClN4O/c1-5-16-9-6-14-12(13)15-10(9)17(7(2)3)8(4)11(16)18/h6-8H,5H2,1-4H3/t8-/m0/s1. The predicted molar refractivity (Wildman–Crippen MR) is 72.1 cm³/mol. The number of nitrogens with zero attached hydrogens (tertiary/aromatic N) is 4. The molecule has 1 amide bonds. The highest BCUT2D eigenvalue weighted by Crippen LogP contribution is 2.35. The van der Waals surface area contributed by atoms with Crippen LogP contribution < -0.4 is 9.80 Å². The number of amides is 1. The summed E-state index contributed by atoms with van der Waals surface area (Å²) in [6, 6.07) is -0.0592. The van der Waals surface area contributed by atoms with E-state index in [0.29, 0.717) is 6.54 Å². The number of halogens is 1. The number of rotatable bonds is 2. The fraction of sp³-hybridized carbons (Fsp3) is 0.583. The number of carbonyl (C=O) groups is 1. The molecule has 1 aromatic heterocycles. The second kappa shape index (κ2) is 4.72. The summed E-state index contributed by atoms with van der Waals surface area (Å²) in [7, 11) is 0. The van der Waals surface area contributed by atoms with Crippen LogP contribution in [0.15, 0.2) is 6.20 Å². The van der Waals surface area contributed by atoms with E-state index < -0.39 is 0 Å². The molecule has 0 bridgehead atoms. The molecule has 0 N–H and O–H groups in total. The molecule has 0 unspecified atom stereocenters.